The van der Waals surface area contributed by atoms with E-state index in [0.29, 0.717) is 34.2 Å². The van der Waals surface area contributed by atoms with Gasteiger partial charge in [0.2, 0.25) is 5.89 Å². The number of rotatable bonds is 5. The molecular weight excluding hydrogens is 285 g/mol. The second kappa shape index (κ2) is 6.37. The molecular formula is C13H15Cl2N3O. The van der Waals surface area contributed by atoms with Crippen LogP contribution in [0.2, 0.25) is 10.0 Å². The first-order valence-electron chi connectivity index (χ1n) is 6.01. The van der Waals surface area contributed by atoms with Crippen molar-refractivity contribution in [3.8, 4) is 0 Å². The largest absolute Gasteiger partial charge is 0.339 e. The number of nitrogens with zero attached hydrogens (tertiary/aromatic N) is 2. The van der Waals surface area contributed by atoms with Gasteiger partial charge in [0.1, 0.15) is 0 Å². The lowest BCUT2D eigenvalue weighted by molar-refractivity contribution is 0.377. The summed E-state index contributed by atoms with van der Waals surface area (Å²) < 4.78 is 5.22. The van der Waals surface area contributed by atoms with Crippen molar-refractivity contribution in [1.82, 2.24) is 15.5 Å². The van der Waals surface area contributed by atoms with Crippen molar-refractivity contribution in [3.63, 3.8) is 0 Å². The first-order chi connectivity index (χ1) is 9.08. The summed E-state index contributed by atoms with van der Waals surface area (Å²) in [6, 6.07) is 5.68. The van der Waals surface area contributed by atoms with Gasteiger partial charge < -0.3 is 9.84 Å². The zero-order valence-corrected chi connectivity index (χ0v) is 12.3. The second-order valence-electron chi connectivity index (χ2n) is 4.41. The maximum atomic E-state index is 6.11. The van der Waals surface area contributed by atoms with Gasteiger partial charge in [0.25, 0.3) is 0 Å². The van der Waals surface area contributed by atoms with E-state index in [-0.39, 0.29) is 0 Å². The summed E-state index contributed by atoms with van der Waals surface area (Å²) in [7, 11) is 1.90. The molecule has 19 heavy (non-hydrogen) atoms. The van der Waals surface area contributed by atoms with Crippen LogP contribution in [0.3, 0.4) is 0 Å². The molecule has 1 heterocycles. The molecule has 0 saturated heterocycles. The summed E-state index contributed by atoms with van der Waals surface area (Å²) >= 11 is 12.0. The predicted octanol–water partition coefficient (Wildman–Crippen LogP) is 3.12. The van der Waals surface area contributed by atoms with E-state index in [0.717, 1.165) is 12.0 Å². The van der Waals surface area contributed by atoms with E-state index < -0.39 is 0 Å². The van der Waals surface area contributed by atoms with Gasteiger partial charge in [-0.1, -0.05) is 34.4 Å². The molecule has 0 fully saturated rings. The summed E-state index contributed by atoms with van der Waals surface area (Å²) in [5.74, 6) is 1.25. The number of hydrogen-bond acceptors (Lipinski definition) is 4. The molecule has 0 radical (unpaired) electrons. The quantitative estimate of drug-likeness (QED) is 0.921. The Labute approximate surface area is 122 Å². The zero-order chi connectivity index (χ0) is 13.8. The SMILES string of the molecule is CNC(C)Cc1noc(Cc2ccc(Cl)cc2Cl)n1. The molecule has 1 atom stereocenters. The fraction of sp³-hybridized carbons (Fsp3) is 0.385. The van der Waals surface area contributed by atoms with Crippen LogP contribution in [0.4, 0.5) is 0 Å². The van der Waals surface area contributed by atoms with Gasteiger partial charge in [-0.05, 0) is 31.7 Å². The van der Waals surface area contributed by atoms with Gasteiger partial charge in [0, 0.05) is 22.5 Å². The van der Waals surface area contributed by atoms with Crippen LogP contribution in [0, 0.1) is 0 Å². The standard InChI is InChI=1S/C13H15Cl2N3O/c1-8(16-2)5-12-17-13(19-18-12)6-9-3-4-10(14)7-11(9)15/h3-4,7-8,16H,5-6H2,1-2H3. The average molecular weight is 300 g/mol. The van der Waals surface area contributed by atoms with Crippen molar-refractivity contribution in [2.45, 2.75) is 25.8 Å². The van der Waals surface area contributed by atoms with Crippen LogP contribution in [0.15, 0.2) is 22.7 Å². The molecule has 0 aliphatic rings. The van der Waals surface area contributed by atoms with E-state index in [9.17, 15) is 0 Å². The van der Waals surface area contributed by atoms with Crippen molar-refractivity contribution in [1.29, 1.82) is 0 Å². The fourth-order valence-electron chi connectivity index (χ4n) is 1.65. The molecule has 2 rings (SSSR count). The smallest absolute Gasteiger partial charge is 0.231 e. The highest BCUT2D eigenvalue weighted by atomic mass is 35.5. The Morgan fingerprint density at radius 2 is 2.16 bits per heavy atom. The summed E-state index contributed by atoms with van der Waals surface area (Å²) in [5.41, 5.74) is 0.919. The van der Waals surface area contributed by atoms with E-state index in [4.69, 9.17) is 27.7 Å². The van der Waals surface area contributed by atoms with Gasteiger partial charge in [0.05, 0.1) is 6.42 Å². The Morgan fingerprint density at radius 1 is 1.37 bits per heavy atom. The van der Waals surface area contributed by atoms with Crippen molar-refractivity contribution >= 4 is 23.2 Å². The van der Waals surface area contributed by atoms with Gasteiger partial charge >= 0.3 is 0 Å². The predicted molar refractivity (Wildman–Crippen MR) is 75.8 cm³/mol. The third-order valence-electron chi connectivity index (χ3n) is 2.85. The van der Waals surface area contributed by atoms with Gasteiger partial charge in [0.15, 0.2) is 5.82 Å². The highest BCUT2D eigenvalue weighted by Gasteiger charge is 2.11. The van der Waals surface area contributed by atoms with Gasteiger partial charge in [-0.3, -0.25) is 0 Å². The Kier molecular flexibility index (Phi) is 4.80. The van der Waals surface area contributed by atoms with Gasteiger partial charge in [-0.15, -0.1) is 0 Å². The molecule has 0 bridgehead atoms. The number of aromatic nitrogens is 2. The molecule has 0 aliphatic heterocycles. The lowest BCUT2D eigenvalue weighted by Gasteiger charge is -2.04. The molecule has 1 aromatic heterocycles. The van der Waals surface area contributed by atoms with E-state index >= 15 is 0 Å². The highest BCUT2D eigenvalue weighted by molar-refractivity contribution is 6.35. The molecule has 0 spiro atoms. The van der Waals surface area contributed by atoms with Crippen LogP contribution < -0.4 is 5.32 Å². The Hall–Kier alpha value is -1.10. The van der Waals surface area contributed by atoms with E-state index in [1.165, 1.54) is 0 Å². The summed E-state index contributed by atoms with van der Waals surface area (Å²) in [6.07, 6.45) is 1.24. The highest BCUT2D eigenvalue weighted by Crippen LogP contribution is 2.22. The minimum Gasteiger partial charge on any atom is -0.339 e. The molecule has 4 nitrogen and oxygen atoms in total. The fourth-order valence-corrected chi connectivity index (χ4v) is 2.12. The second-order valence-corrected chi connectivity index (χ2v) is 5.25. The molecule has 1 N–H and O–H groups in total. The molecule has 102 valence electrons. The topological polar surface area (TPSA) is 51.0 Å². The molecule has 6 heteroatoms. The normalized spacial score (nSPS) is 12.6. The van der Waals surface area contributed by atoms with Gasteiger partial charge in [-0.2, -0.15) is 4.98 Å². The third-order valence-corrected chi connectivity index (χ3v) is 3.44. The maximum absolute atomic E-state index is 6.11. The molecule has 0 aliphatic carbocycles. The lowest BCUT2D eigenvalue weighted by atomic mass is 10.1. The lowest BCUT2D eigenvalue weighted by Crippen LogP contribution is -2.24. The molecule has 0 saturated carbocycles. The summed E-state index contributed by atoms with van der Waals surface area (Å²) in [4.78, 5) is 4.35. The van der Waals surface area contributed by atoms with E-state index in [2.05, 4.69) is 22.4 Å². The van der Waals surface area contributed by atoms with Crippen LogP contribution >= 0.6 is 23.2 Å². The summed E-state index contributed by atoms with van der Waals surface area (Å²) in [5, 5.41) is 8.30. The Morgan fingerprint density at radius 3 is 2.84 bits per heavy atom. The van der Waals surface area contributed by atoms with Crippen LogP contribution in [0.1, 0.15) is 24.2 Å². The van der Waals surface area contributed by atoms with E-state index in [1.807, 2.05) is 13.1 Å². The first kappa shape index (κ1) is 14.3. The molecule has 0 amide bonds. The number of halogens is 2. The van der Waals surface area contributed by atoms with Crippen LogP contribution in [-0.4, -0.2) is 23.2 Å². The minimum atomic E-state index is 0.310. The molecule has 1 unspecified atom stereocenters. The van der Waals surface area contributed by atoms with Gasteiger partial charge in [-0.25, -0.2) is 0 Å². The number of nitrogens with one attached hydrogen (secondary N) is 1. The van der Waals surface area contributed by atoms with Crippen molar-refractivity contribution in [2.24, 2.45) is 0 Å². The first-order valence-corrected chi connectivity index (χ1v) is 6.76. The monoisotopic (exact) mass is 299 g/mol. The Balaban J connectivity index is 2.07. The molecule has 1 aromatic carbocycles. The average Bonchev–Trinajstić information content (AvgIpc) is 2.80. The number of hydrogen-bond donors (Lipinski definition) is 1. The third kappa shape index (κ3) is 3.93. The zero-order valence-electron chi connectivity index (χ0n) is 10.8. The molecule has 2 aromatic rings. The number of likely N-dealkylation sites (N-methyl/N-ethyl adjacent to an activating group) is 1. The van der Waals surface area contributed by atoms with Crippen molar-refractivity contribution < 1.29 is 4.52 Å². The van der Waals surface area contributed by atoms with Crippen LogP contribution in [0.25, 0.3) is 0 Å². The van der Waals surface area contributed by atoms with Crippen LogP contribution in [0.5, 0.6) is 0 Å². The maximum Gasteiger partial charge on any atom is 0.231 e. The van der Waals surface area contributed by atoms with E-state index in [1.54, 1.807) is 12.1 Å². The Bertz CT molecular complexity index is 557. The van der Waals surface area contributed by atoms with Crippen LogP contribution in [-0.2, 0) is 12.8 Å². The van der Waals surface area contributed by atoms with Crippen molar-refractivity contribution in [2.75, 3.05) is 7.05 Å². The number of benzene rings is 1. The van der Waals surface area contributed by atoms with Crippen molar-refractivity contribution in [3.05, 3.63) is 45.5 Å². The summed E-state index contributed by atoms with van der Waals surface area (Å²) in [6.45, 7) is 2.06. The minimum absolute atomic E-state index is 0.310.